The molecule has 0 amide bonds. The lowest BCUT2D eigenvalue weighted by Crippen LogP contribution is -1.80. The molecular formula is C15H9BrClNS. The molecule has 4 heteroatoms. The summed E-state index contributed by atoms with van der Waals surface area (Å²) < 4.78 is 1.07. The second kappa shape index (κ2) is 5.45. The summed E-state index contributed by atoms with van der Waals surface area (Å²) in [5.74, 6) is 0. The molecule has 0 bridgehead atoms. The fraction of sp³-hybridized carbons (Fsp3) is 0. The van der Waals surface area contributed by atoms with Crippen LogP contribution in [0.15, 0.2) is 58.4 Å². The molecule has 3 rings (SSSR count). The fourth-order valence-electron chi connectivity index (χ4n) is 1.79. The Morgan fingerprint density at radius 2 is 1.74 bits per heavy atom. The SMILES string of the molecule is Clc1ccccc1-c1nc(-c2ccc(Br)cc2)cs1. The maximum absolute atomic E-state index is 6.20. The van der Waals surface area contributed by atoms with E-state index in [1.807, 2.05) is 36.4 Å². The number of hydrogen-bond donors (Lipinski definition) is 0. The third-order valence-corrected chi connectivity index (χ3v) is 4.48. The van der Waals surface area contributed by atoms with Gasteiger partial charge in [-0.15, -0.1) is 11.3 Å². The Bertz CT molecular complexity index is 706. The standard InChI is InChI=1S/C15H9BrClNS/c16-11-7-5-10(6-8-11)14-9-19-15(18-14)12-3-1-2-4-13(12)17/h1-9H. The molecule has 1 aromatic heterocycles. The van der Waals surface area contributed by atoms with Crippen molar-refractivity contribution in [3.05, 3.63) is 63.4 Å². The molecule has 3 aromatic rings. The molecule has 94 valence electrons. The Morgan fingerprint density at radius 1 is 1.00 bits per heavy atom. The molecule has 0 N–H and O–H groups in total. The third kappa shape index (κ3) is 2.73. The first-order chi connectivity index (χ1) is 9.24. The van der Waals surface area contributed by atoms with Crippen LogP contribution >= 0.6 is 38.9 Å². The van der Waals surface area contributed by atoms with E-state index in [9.17, 15) is 0 Å². The second-order valence-electron chi connectivity index (χ2n) is 4.02. The van der Waals surface area contributed by atoms with E-state index < -0.39 is 0 Å². The first kappa shape index (κ1) is 12.9. The van der Waals surface area contributed by atoms with E-state index >= 15 is 0 Å². The number of aromatic nitrogens is 1. The van der Waals surface area contributed by atoms with Crippen LogP contribution in [0.4, 0.5) is 0 Å². The van der Waals surface area contributed by atoms with Crippen LogP contribution in [0.25, 0.3) is 21.8 Å². The topological polar surface area (TPSA) is 12.9 Å². The zero-order chi connectivity index (χ0) is 13.2. The molecule has 0 aliphatic heterocycles. The molecule has 1 nitrogen and oxygen atoms in total. The number of halogens is 2. The summed E-state index contributed by atoms with van der Waals surface area (Å²) in [5.41, 5.74) is 3.07. The summed E-state index contributed by atoms with van der Waals surface area (Å²) in [4.78, 5) is 4.66. The van der Waals surface area contributed by atoms with Crippen LogP contribution < -0.4 is 0 Å². The maximum atomic E-state index is 6.20. The van der Waals surface area contributed by atoms with Crippen molar-refractivity contribution in [2.24, 2.45) is 0 Å². The number of nitrogens with zero attached hydrogens (tertiary/aromatic N) is 1. The largest absolute Gasteiger partial charge is 0.236 e. The van der Waals surface area contributed by atoms with E-state index in [-0.39, 0.29) is 0 Å². The maximum Gasteiger partial charge on any atom is 0.125 e. The van der Waals surface area contributed by atoms with Gasteiger partial charge in [-0.3, -0.25) is 0 Å². The first-order valence-corrected chi connectivity index (χ1v) is 7.75. The van der Waals surface area contributed by atoms with Crippen LogP contribution in [-0.4, -0.2) is 4.98 Å². The molecule has 0 aliphatic rings. The third-order valence-electron chi connectivity index (χ3n) is 2.75. The van der Waals surface area contributed by atoms with E-state index in [2.05, 4.69) is 38.4 Å². The van der Waals surface area contributed by atoms with E-state index in [0.717, 1.165) is 31.3 Å². The van der Waals surface area contributed by atoms with E-state index in [0.29, 0.717) is 0 Å². The Kier molecular flexibility index (Phi) is 3.69. The van der Waals surface area contributed by atoms with Crippen molar-refractivity contribution in [1.29, 1.82) is 0 Å². The van der Waals surface area contributed by atoms with E-state index in [4.69, 9.17) is 11.6 Å². The van der Waals surface area contributed by atoms with Gasteiger partial charge in [-0.1, -0.05) is 57.9 Å². The minimum atomic E-state index is 0.735. The van der Waals surface area contributed by atoms with Gasteiger partial charge in [-0.05, 0) is 18.2 Å². The smallest absolute Gasteiger partial charge is 0.125 e. The van der Waals surface area contributed by atoms with Gasteiger partial charge in [0, 0.05) is 21.0 Å². The fourth-order valence-corrected chi connectivity index (χ4v) is 3.20. The normalized spacial score (nSPS) is 10.6. The predicted molar refractivity (Wildman–Crippen MR) is 85.7 cm³/mol. The molecule has 1 heterocycles. The average Bonchev–Trinajstić information content (AvgIpc) is 2.89. The number of rotatable bonds is 2. The van der Waals surface area contributed by atoms with Crippen molar-refractivity contribution in [3.8, 4) is 21.8 Å². The Hall–Kier alpha value is -1.16. The summed E-state index contributed by atoms with van der Waals surface area (Å²) in [6, 6.07) is 15.9. The highest BCUT2D eigenvalue weighted by Gasteiger charge is 2.09. The number of benzene rings is 2. The highest BCUT2D eigenvalue weighted by atomic mass is 79.9. The molecule has 19 heavy (non-hydrogen) atoms. The summed E-state index contributed by atoms with van der Waals surface area (Å²) in [6.45, 7) is 0. The van der Waals surface area contributed by atoms with Gasteiger partial charge in [0.05, 0.1) is 10.7 Å². The van der Waals surface area contributed by atoms with Crippen molar-refractivity contribution in [2.45, 2.75) is 0 Å². The van der Waals surface area contributed by atoms with Crippen LogP contribution in [0.2, 0.25) is 5.02 Å². The molecule has 0 saturated heterocycles. The quantitative estimate of drug-likeness (QED) is 0.561. The highest BCUT2D eigenvalue weighted by Crippen LogP contribution is 2.33. The Morgan fingerprint density at radius 3 is 2.47 bits per heavy atom. The summed E-state index contributed by atoms with van der Waals surface area (Å²) >= 11 is 11.2. The molecule has 0 saturated carbocycles. The highest BCUT2D eigenvalue weighted by molar-refractivity contribution is 9.10. The molecular weight excluding hydrogens is 342 g/mol. The number of hydrogen-bond acceptors (Lipinski definition) is 2. The Balaban J connectivity index is 2.00. The number of thiazole rings is 1. The van der Waals surface area contributed by atoms with Crippen LogP contribution in [0, 0.1) is 0 Å². The minimum Gasteiger partial charge on any atom is -0.236 e. The van der Waals surface area contributed by atoms with E-state index in [1.54, 1.807) is 11.3 Å². The molecule has 0 spiro atoms. The lowest BCUT2D eigenvalue weighted by atomic mass is 10.2. The molecule has 0 fully saturated rings. The lowest BCUT2D eigenvalue weighted by molar-refractivity contribution is 1.40. The summed E-state index contributed by atoms with van der Waals surface area (Å²) in [7, 11) is 0. The van der Waals surface area contributed by atoms with Crippen molar-refractivity contribution in [1.82, 2.24) is 4.98 Å². The van der Waals surface area contributed by atoms with Gasteiger partial charge < -0.3 is 0 Å². The zero-order valence-electron chi connectivity index (χ0n) is 9.81. The van der Waals surface area contributed by atoms with Gasteiger partial charge in [-0.25, -0.2) is 4.98 Å². The molecule has 0 unspecified atom stereocenters. The molecule has 0 radical (unpaired) electrons. The first-order valence-electron chi connectivity index (χ1n) is 5.70. The van der Waals surface area contributed by atoms with Crippen molar-refractivity contribution >= 4 is 38.9 Å². The van der Waals surface area contributed by atoms with Gasteiger partial charge >= 0.3 is 0 Å². The average molecular weight is 351 g/mol. The zero-order valence-corrected chi connectivity index (χ0v) is 13.0. The van der Waals surface area contributed by atoms with Crippen LogP contribution in [0.5, 0.6) is 0 Å². The van der Waals surface area contributed by atoms with Gasteiger partial charge in [0.25, 0.3) is 0 Å². The monoisotopic (exact) mass is 349 g/mol. The second-order valence-corrected chi connectivity index (χ2v) is 6.21. The minimum absolute atomic E-state index is 0.735. The van der Waals surface area contributed by atoms with Crippen LogP contribution in [0.3, 0.4) is 0 Å². The van der Waals surface area contributed by atoms with Crippen LogP contribution in [-0.2, 0) is 0 Å². The van der Waals surface area contributed by atoms with Gasteiger partial charge in [0.2, 0.25) is 0 Å². The van der Waals surface area contributed by atoms with Crippen molar-refractivity contribution in [2.75, 3.05) is 0 Å². The van der Waals surface area contributed by atoms with Crippen molar-refractivity contribution < 1.29 is 0 Å². The Labute approximate surface area is 129 Å². The van der Waals surface area contributed by atoms with Crippen molar-refractivity contribution in [3.63, 3.8) is 0 Å². The summed E-state index contributed by atoms with van der Waals surface area (Å²) in [6.07, 6.45) is 0. The van der Waals surface area contributed by atoms with Crippen LogP contribution in [0.1, 0.15) is 0 Å². The predicted octanol–water partition coefficient (Wildman–Crippen LogP) is 5.89. The van der Waals surface area contributed by atoms with Gasteiger partial charge in [0.1, 0.15) is 5.01 Å². The molecule has 0 aliphatic carbocycles. The summed E-state index contributed by atoms with van der Waals surface area (Å²) in [5, 5.41) is 3.74. The lowest BCUT2D eigenvalue weighted by Gasteiger charge is -1.99. The van der Waals surface area contributed by atoms with Gasteiger partial charge in [0.15, 0.2) is 0 Å². The molecule has 2 aromatic carbocycles. The van der Waals surface area contributed by atoms with E-state index in [1.165, 1.54) is 0 Å². The molecule has 0 atom stereocenters. The van der Waals surface area contributed by atoms with Gasteiger partial charge in [-0.2, -0.15) is 0 Å².